The summed E-state index contributed by atoms with van der Waals surface area (Å²) in [4.78, 5) is 34.7. The molecule has 2 aliphatic rings. The molecule has 36 heavy (non-hydrogen) atoms. The lowest BCUT2D eigenvalue weighted by atomic mass is 10.1. The normalized spacial score (nSPS) is 19.1. The summed E-state index contributed by atoms with van der Waals surface area (Å²) in [6.07, 6.45) is 0.853. The molecule has 2 aromatic carbocycles. The first-order valence-corrected chi connectivity index (χ1v) is 12.9. The van der Waals surface area contributed by atoms with Gasteiger partial charge in [0, 0.05) is 43.4 Å². The largest absolute Gasteiger partial charge is 0.497 e. The SMILES string of the molecule is COc1ccc(N2C(=O)C(CC(=O)Nc3ccc(Cl)cc3)N(CCCN3CCN(C)CC3)C2=S)cc1. The summed E-state index contributed by atoms with van der Waals surface area (Å²) in [5.74, 6) is 0.245. The van der Waals surface area contributed by atoms with E-state index in [0.717, 1.165) is 39.1 Å². The van der Waals surface area contributed by atoms with Crippen molar-refractivity contribution in [2.24, 2.45) is 0 Å². The van der Waals surface area contributed by atoms with Gasteiger partial charge in [0.1, 0.15) is 11.8 Å². The van der Waals surface area contributed by atoms with E-state index in [1.165, 1.54) is 4.90 Å². The topological polar surface area (TPSA) is 68.4 Å². The number of halogens is 1. The van der Waals surface area contributed by atoms with Crippen LogP contribution in [-0.4, -0.2) is 91.1 Å². The summed E-state index contributed by atoms with van der Waals surface area (Å²) in [6.45, 7) is 5.70. The number of anilines is 2. The molecular weight excluding hydrogens is 498 g/mol. The predicted molar refractivity (Wildman–Crippen MR) is 147 cm³/mol. The molecule has 0 bridgehead atoms. The standard InChI is InChI=1S/C26H32ClN5O3S/c1-29-14-16-30(17-15-29)12-3-13-31-23(18-24(33)28-20-6-4-19(27)5-7-20)25(34)32(26(31)36)21-8-10-22(35-2)11-9-21/h4-11,23H,3,12-18H2,1-2H3,(H,28,33). The molecule has 0 saturated carbocycles. The highest BCUT2D eigenvalue weighted by Crippen LogP contribution is 2.29. The van der Waals surface area contributed by atoms with Crippen LogP contribution in [0.4, 0.5) is 11.4 Å². The Bertz CT molecular complexity index is 1070. The van der Waals surface area contributed by atoms with Crippen LogP contribution in [0.15, 0.2) is 48.5 Å². The van der Waals surface area contributed by atoms with Crippen LogP contribution in [0.2, 0.25) is 5.02 Å². The van der Waals surface area contributed by atoms with E-state index >= 15 is 0 Å². The minimum Gasteiger partial charge on any atom is -0.497 e. The first-order chi connectivity index (χ1) is 17.4. The number of hydrogen-bond donors (Lipinski definition) is 1. The summed E-state index contributed by atoms with van der Waals surface area (Å²) >= 11 is 11.7. The molecule has 2 fully saturated rings. The number of ether oxygens (including phenoxy) is 1. The molecule has 2 aromatic rings. The molecule has 1 unspecified atom stereocenters. The van der Waals surface area contributed by atoms with Gasteiger partial charge in [-0.15, -0.1) is 0 Å². The van der Waals surface area contributed by atoms with Crippen molar-refractivity contribution in [3.8, 4) is 5.75 Å². The zero-order chi connectivity index (χ0) is 25.7. The van der Waals surface area contributed by atoms with E-state index in [-0.39, 0.29) is 18.2 Å². The van der Waals surface area contributed by atoms with Gasteiger partial charge in [-0.25, -0.2) is 0 Å². The summed E-state index contributed by atoms with van der Waals surface area (Å²) in [5.41, 5.74) is 1.29. The van der Waals surface area contributed by atoms with Gasteiger partial charge in [-0.1, -0.05) is 11.6 Å². The lowest BCUT2D eigenvalue weighted by Gasteiger charge is -2.33. The number of piperazine rings is 1. The van der Waals surface area contributed by atoms with Gasteiger partial charge >= 0.3 is 0 Å². The van der Waals surface area contributed by atoms with Crippen molar-refractivity contribution in [3.05, 3.63) is 53.6 Å². The lowest BCUT2D eigenvalue weighted by Crippen LogP contribution is -2.45. The number of rotatable bonds is 9. The molecule has 2 saturated heterocycles. The van der Waals surface area contributed by atoms with Gasteiger partial charge in [0.25, 0.3) is 5.91 Å². The second kappa shape index (κ2) is 12.0. The Hall–Kier alpha value is -2.72. The number of amides is 2. The molecule has 0 aromatic heterocycles. The van der Waals surface area contributed by atoms with Gasteiger partial charge < -0.3 is 24.8 Å². The van der Waals surface area contributed by atoms with Crippen LogP contribution in [0.3, 0.4) is 0 Å². The highest BCUT2D eigenvalue weighted by molar-refractivity contribution is 7.80. The molecule has 192 valence electrons. The van der Waals surface area contributed by atoms with Crippen LogP contribution >= 0.6 is 23.8 Å². The Morgan fingerprint density at radius 3 is 2.36 bits per heavy atom. The Balaban J connectivity index is 1.47. The van der Waals surface area contributed by atoms with Crippen molar-refractivity contribution < 1.29 is 14.3 Å². The summed E-state index contributed by atoms with van der Waals surface area (Å²) in [6, 6.07) is 13.4. The monoisotopic (exact) mass is 529 g/mol. The zero-order valence-electron chi connectivity index (χ0n) is 20.7. The third-order valence-electron chi connectivity index (χ3n) is 6.63. The summed E-state index contributed by atoms with van der Waals surface area (Å²) in [5, 5.41) is 3.88. The Labute approximate surface area is 222 Å². The number of methoxy groups -OCH3 is 1. The highest BCUT2D eigenvalue weighted by atomic mass is 35.5. The maximum atomic E-state index is 13.6. The minimum atomic E-state index is -0.667. The first-order valence-electron chi connectivity index (χ1n) is 12.1. The molecule has 2 aliphatic heterocycles. The minimum absolute atomic E-state index is 0.00274. The van der Waals surface area contributed by atoms with E-state index in [1.807, 2.05) is 17.0 Å². The molecule has 1 N–H and O–H groups in total. The Morgan fingerprint density at radius 2 is 1.72 bits per heavy atom. The van der Waals surface area contributed by atoms with Crippen molar-refractivity contribution in [1.82, 2.24) is 14.7 Å². The molecule has 8 nitrogen and oxygen atoms in total. The third-order valence-corrected chi connectivity index (χ3v) is 7.29. The number of thiocarbonyl (C=S) groups is 1. The van der Waals surface area contributed by atoms with E-state index < -0.39 is 6.04 Å². The molecular formula is C26H32ClN5O3S. The lowest BCUT2D eigenvalue weighted by molar-refractivity contribution is -0.124. The molecule has 2 amide bonds. The van der Waals surface area contributed by atoms with Crippen LogP contribution in [0.1, 0.15) is 12.8 Å². The molecule has 4 rings (SSSR count). The number of hydrogen-bond acceptors (Lipinski definition) is 6. The van der Waals surface area contributed by atoms with Crippen molar-refractivity contribution in [2.75, 3.05) is 63.6 Å². The van der Waals surface area contributed by atoms with Crippen molar-refractivity contribution in [3.63, 3.8) is 0 Å². The van der Waals surface area contributed by atoms with E-state index in [0.29, 0.717) is 33.8 Å². The fraction of sp³-hybridized carbons (Fsp3) is 0.423. The zero-order valence-corrected chi connectivity index (χ0v) is 22.2. The van der Waals surface area contributed by atoms with Crippen LogP contribution in [0.25, 0.3) is 0 Å². The molecule has 0 radical (unpaired) electrons. The summed E-state index contributed by atoms with van der Waals surface area (Å²) in [7, 11) is 3.73. The second-order valence-corrected chi connectivity index (χ2v) is 9.92. The van der Waals surface area contributed by atoms with E-state index in [9.17, 15) is 9.59 Å². The van der Waals surface area contributed by atoms with Gasteiger partial charge in [-0.05, 0) is 80.8 Å². The van der Waals surface area contributed by atoms with Crippen LogP contribution in [0, 0.1) is 0 Å². The number of carbonyl (C=O) groups is 2. The average Bonchev–Trinajstić information content (AvgIpc) is 3.10. The second-order valence-electron chi connectivity index (χ2n) is 9.12. The summed E-state index contributed by atoms with van der Waals surface area (Å²) < 4.78 is 5.25. The van der Waals surface area contributed by atoms with E-state index in [2.05, 4.69) is 22.2 Å². The number of carbonyl (C=O) groups excluding carboxylic acids is 2. The number of benzene rings is 2. The maximum Gasteiger partial charge on any atom is 0.256 e. The van der Waals surface area contributed by atoms with Crippen molar-refractivity contribution in [1.29, 1.82) is 0 Å². The van der Waals surface area contributed by atoms with Crippen molar-refractivity contribution in [2.45, 2.75) is 18.9 Å². The predicted octanol–water partition coefficient (Wildman–Crippen LogP) is 3.32. The van der Waals surface area contributed by atoms with Crippen molar-refractivity contribution >= 4 is 52.1 Å². The average molecular weight is 530 g/mol. The van der Waals surface area contributed by atoms with Gasteiger partial charge in [-0.3, -0.25) is 14.5 Å². The molecule has 0 aliphatic carbocycles. The van der Waals surface area contributed by atoms with Gasteiger partial charge in [0.15, 0.2) is 5.11 Å². The highest BCUT2D eigenvalue weighted by Gasteiger charge is 2.43. The van der Waals surface area contributed by atoms with E-state index in [4.69, 9.17) is 28.6 Å². The number of nitrogens with zero attached hydrogens (tertiary/aromatic N) is 4. The smallest absolute Gasteiger partial charge is 0.256 e. The van der Waals surface area contributed by atoms with E-state index in [1.54, 1.807) is 43.5 Å². The maximum absolute atomic E-state index is 13.6. The quantitative estimate of drug-likeness (QED) is 0.500. The van der Waals surface area contributed by atoms with Crippen LogP contribution < -0.4 is 15.0 Å². The fourth-order valence-electron chi connectivity index (χ4n) is 4.51. The van der Waals surface area contributed by atoms with Gasteiger partial charge in [0.05, 0.1) is 19.2 Å². The van der Waals surface area contributed by atoms with Gasteiger partial charge in [0.2, 0.25) is 5.91 Å². The number of nitrogens with one attached hydrogen (secondary N) is 1. The Kier molecular flexibility index (Phi) is 8.79. The molecule has 10 heteroatoms. The number of likely N-dealkylation sites (N-methyl/N-ethyl adjacent to an activating group) is 1. The molecule has 1 atom stereocenters. The van der Waals surface area contributed by atoms with Crippen LogP contribution in [0.5, 0.6) is 5.75 Å². The van der Waals surface area contributed by atoms with Gasteiger partial charge in [-0.2, -0.15) is 0 Å². The first kappa shape index (κ1) is 26.3. The molecule has 0 spiro atoms. The van der Waals surface area contributed by atoms with Crippen LogP contribution in [-0.2, 0) is 9.59 Å². The Morgan fingerprint density at radius 1 is 1.06 bits per heavy atom. The third kappa shape index (κ3) is 6.34. The molecule has 2 heterocycles. The fourth-order valence-corrected chi connectivity index (χ4v) is 5.05.